The van der Waals surface area contributed by atoms with Gasteiger partial charge in [0.05, 0.1) is 22.3 Å². The highest BCUT2D eigenvalue weighted by molar-refractivity contribution is 7.23. The Hall–Kier alpha value is -4.66. The van der Waals surface area contributed by atoms with Gasteiger partial charge in [0, 0.05) is 54.3 Å². The zero-order chi connectivity index (χ0) is 64.0. The predicted molar refractivity (Wildman–Crippen MR) is 392 cm³/mol. The molecule has 2 aliphatic heterocycles. The summed E-state index contributed by atoms with van der Waals surface area (Å²) in [5.41, 5.74) is 8.58. The van der Waals surface area contributed by atoms with E-state index in [2.05, 4.69) is 90.1 Å². The van der Waals surface area contributed by atoms with Gasteiger partial charge in [-0.25, -0.2) is 0 Å². The van der Waals surface area contributed by atoms with Gasteiger partial charge in [-0.1, -0.05) is 309 Å². The van der Waals surface area contributed by atoms with E-state index in [9.17, 15) is 0 Å². The molecule has 0 saturated heterocycles. The van der Waals surface area contributed by atoms with Crippen LogP contribution in [0.15, 0.2) is 60.0 Å². The quantitative estimate of drug-likeness (QED) is 0.0282. The van der Waals surface area contributed by atoms with E-state index >= 15 is 19.2 Å². The summed E-state index contributed by atoms with van der Waals surface area (Å²) in [6.45, 7) is 14.5. The Kier molecular flexibility index (Phi) is 28.2. The molecule has 2 atom stereocenters. The Morgan fingerprint density at radius 3 is 1.22 bits per heavy atom. The molecular formula is C83H118N2O4S2. The highest BCUT2D eigenvalue weighted by Gasteiger charge is 2.46. The first-order valence-corrected chi connectivity index (χ1v) is 39.8. The number of imide groups is 2. The van der Waals surface area contributed by atoms with Crippen LogP contribution in [-0.4, -0.2) is 46.5 Å². The number of hydrogen-bond donors (Lipinski definition) is 0. The number of nitrogens with zero attached hydrogens (tertiary/aromatic N) is 2. The summed E-state index contributed by atoms with van der Waals surface area (Å²) in [6.07, 6.45) is 50.2. The normalized spacial score (nSPS) is 14.9. The molecule has 496 valence electrons. The summed E-state index contributed by atoms with van der Waals surface area (Å²) in [7, 11) is 0. The van der Waals surface area contributed by atoms with Gasteiger partial charge in [0.15, 0.2) is 0 Å². The maximum atomic E-state index is 16.2. The number of unbranched alkanes of at least 4 members (excludes halogenated alkanes) is 30. The summed E-state index contributed by atoms with van der Waals surface area (Å²) < 4.78 is 1.54. The van der Waals surface area contributed by atoms with Crippen LogP contribution in [0, 0.1) is 11.8 Å². The third-order valence-corrected chi connectivity index (χ3v) is 23.8. The molecule has 0 fully saturated rings. The predicted octanol–water partition coefficient (Wildman–Crippen LogP) is 26.1. The average Bonchev–Trinajstić information content (AvgIpc) is 1.18. The second-order valence-corrected chi connectivity index (χ2v) is 30.6. The zero-order valence-electron chi connectivity index (χ0n) is 57.9. The topological polar surface area (TPSA) is 74.8 Å². The lowest BCUT2D eigenvalue weighted by Gasteiger charge is -2.35. The third kappa shape index (κ3) is 16.9. The second-order valence-electron chi connectivity index (χ2n) is 28.6. The minimum Gasteiger partial charge on any atom is -0.274 e. The van der Waals surface area contributed by atoms with Crippen molar-refractivity contribution >= 4 is 77.2 Å². The van der Waals surface area contributed by atoms with Gasteiger partial charge in [0.1, 0.15) is 0 Å². The lowest BCUT2D eigenvalue weighted by molar-refractivity contribution is 0.0560. The van der Waals surface area contributed by atoms with Crippen LogP contribution in [0.3, 0.4) is 0 Å². The standard InChI is InChI=1S/C83H118N2O4S2/c1-7-13-19-25-29-31-35-39-47-61(45-37-33-27-21-15-9-3)59-84-79(86)71-66-53-56-90-77(66)75-74-72(80(87)85(81(75)88)60-62(46-38-34-28-22-16-10-4)48-40-36-32-30-26-20-14-8-2)67-58-70(91-78(67)76(73(71)74)82(84)89)63-51-52-65-64-49-41-42-50-68(64)83(69(65)57-63,54-43-23-17-11-5)55-44-24-18-12-6/h41-42,49-53,56-58,61-62H,7-40,43-48,54-55,59-60H2,1-6H3. The van der Waals surface area contributed by atoms with Crippen LogP contribution in [0.5, 0.6) is 0 Å². The second kappa shape index (κ2) is 36.3. The molecule has 2 unspecified atom stereocenters. The fourth-order valence-electron chi connectivity index (χ4n) is 16.5. The molecule has 9 rings (SSSR count). The van der Waals surface area contributed by atoms with Gasteiger partial charge in [0.2, 0.25) is 0 Å². The number of amides is 4. The van der Waals surface area contributed by atoms with E-state index in [1.807, 2.05) is 11.4 Å². The molecule has 0 radical (unpaired) electrons. The Bertz CT molecular complexity index is 3150. The molecule has 2 aromatic heterocycles. The Labute approximate surface area is 559 Å². The summed E-state index contributed by atoms with van der Waals surface area (Å²) in [5, 5.41) is 4.58. The number of hydrogen-bond acceptors (Lipinski definition) is 6. The van der Waals surface area contributed by atoms with Gasteiger partial charge in [-0.3, -0.25) is 29.0 Å². The molecule has 3 aliphatic rings. The third-order valence-electron chi connectivity index (χ3n) is 21.7. The van der Waals surface area contributed by atoms with Crippen LogP contribution >= 0.6 is 22.7 Å². The molecule has 8 heteroatoms. The molecule has 0 spiro atoms. The summed E-state index contributed by atoms with van der Waals surface area (Å²) in [5.74, 6) is -0.683. The van der Waals surface area contributed by atoms with Gasteiger partial charge in [-0.05, 0) is 102 Å². The van der Waals surface area contributed by atoms with Crippen molar-refractivity contribution in [3.05, 3.63) is 93.4 Å². The lowest BCUT2D eigenvalue weighted by atomic mass is 9.70. The number of carbonyl (C=O) groups excluding carboxylic acids is 4. The van der Waals surface area contributed by atoms with E-state index in [-0.39, 0.29) is 40.9 Å². The molecule has 1 aliphatic carbocycles. The van der Waals surface area contributed by atoms with Gasteiger partial charge in [-0.2, -0.15) is 0 Å². The van der Waals surface area contributed by atoms with Crippen LogP contribution < -0.4 is 0 Å². The first kappa shape index (κ1) is 70.7. The summed E-state index contributed by atoms with van der Waals surface area (Å²) in [4.78, 5) is 68.5. The van der Waals surface area contributed by atoms with Crippen LogP contribution in [-0.2, 0) is 5.41 Å². The molecule has 4 amide bonds. The molecule has 0 N–H and O–H groups in total. The zero-order valence-corrected chi connectivity index (χ0v) is 59.5. The van der Waals surface area contributed by atoms with Crippen LogP contribution in [0.4, 0.5) is 0 Å². The van der Waals surface area contributed by atoms with Crippen molar-refractivity contribution in [2.24, 2.45) is 11.8 Å². The first-order valence-electron chi connectivity index (χ1n) is 38.1. The number of rotatable bonds is 47. The SMILES string of the molecule is CCCCCCCCCCC(CCCCCCCC)CN1C(=O)c2c3ccsc3c3c4c(c5cc(-c6ccc7c(c6)C(CCCCCC)(CCCCCC)c6ccccc6-7)sc5c(c24)C1=O)C(=O)N(CC(CCCCCCCC)CCCCCCCCCC)C3=O. The summed E-state index contributed by atoms with van der Waals surface area (Å²) in [6, 6.07) is 20.6. The van der Waals surface area contributed by atoms with Crippen molar-refractivity contribution in [1.82, 2.24) is 9.80 Å². The van der Waals surface area contributed by atoms with Crippen molar-refractivity contribution < 1.29 is 19.2 Å². The number of benzene rings is 4. The van der Waals surface area contributed by atoms with E-state index in [1.165, 1.54) is 239 Å². The highest BCUT2D eigenvalue weighted by Crippen LogP contribution is 2.57. The Morgan fingerprint density at radius 2 is 0.758 bits per heavy atom. The number of carbonyl (C=O) groups is 4. The van der Waals surface area contributed by atoms with Crippen molar-refractivity contribution in [3.8, 4) is 21.6 Å². The maximum absolute atomic E-state index is 16.2. The van der Waals surface area contributed by atoms with Crippen molar-refractivity contribution in [3.63, 3.8) is 0 Å². The lowest BCUT2D eigenvalue weighted by Crippen LogP contribution is -2.46. The average molecular weight is 1270 g/mol. The summed E-state index contributed by atoms with van der Waals surface area (Å²) >= 11 is 3.13. The molecule has 91 heavy (non-hydrogen) atoms. The minimum absolute atomic E-state index is 0.114. The van der Waals surface area contributed by atoms with E-state index in [0.29, 0.717) is 46.1 Å². The monoisotopic (exact) mass is 1270 g/mol. The maximum Gasteiger partial charge on any atom is 0.262 e. The first-order chi connectivity index (χ1) is 44.7. The van der Waals surface area contributed by atoms with Crippen molar-refractivity contribution in [2.75, 3.05) is 13.1 Å². The largest absolute Gasteiger partial charge is 0.274 e. The van der Waals surface area contributed by atoms with E-state index < -0.39 is 0 Å². The van der Waals surface area contributed by atoms with Crippen LogP contribution in [0.1, 0.15) is 364 Å². The molecule has 6 nitrogen and oxygen atoms in total. The minimum atomic E-state index is -0.266. The van der Waals surface area contributed by atoms with Gasteiger partial charge in [0.25, 0.3) is 23.6 Å². The molecule has 4 aromatic carbocycles. The van der Waals surface area contributed by atoms with Crippen molar-refractivity contribution in [1.29, 1.82) is 0 Å². The van der Waals surface area contributed by atoms with E-state index in [0.717, 1.165) is 94.8 Å². The molecule has 0 saturated carbocycles. The highest BCUT2D eigenvalue weighted by atomic mass is 32.1. The molecule has 0 bridgehead atoms. The Morgan fingerprint density at radius 1 is 0.374 bits per heavy atom. The van der Waals surface area contributed by atoms with E-state index in [1.54, 1.807) is 21.1 Å². The van der Waals surface area contributed by atoms with Crippen LogP contribution in [0.2, 0.25) is 0 Å². The van der Waals surface area contributed by atoms with Gasteiger partial charge < -0.3 is 0 Å². The van der Waals surface area contributed by atoms with Gasteiger partial charge >= 0.3 is 0 Å². The fraction of sp³-hybridized carbons (Fsp3) is 0.639. The molecular weight excluding hydrogens is 1150 g/mol. The van der Waals surface area contributed by atoms with E-state index in [4.69, 9.17) is 0 Å². The molecule has 6 aromatic rings. The van der Waals surface area contributed by atoms with Crippen LogP contribution in [0.25, 0.3) is 52.5 Å². The Balaban J connectivity index is 1.16. The fourth-order valence-corrected chi connectivity index (χ4v) is 18.6. The smallest absolute Gasteiger partial charge is 0.262 e. The van der Waals surface area contributed by atoms with Gasteiger partial charge in [-0.15, -0.1) is 22.7 Å². The number of thiophene rings is 2. The van der Waals surface area contributed by atoms with Crippen molar-refractivity contribution in [2.45, 2.75) is 317 Å². The number of fused-ring (bicyclic) bond motifs is 9. The molecule has 4 heterocycles.